The fourth-order valence-corrected chi connectivity index (χ4v) is 5.21. The van der Waals surface area contributed by atoms with Crippen molar-refractivity contribution in [2.45, 2.75) is 64.6 Å². The Morgan fingerprint density at radius 2 is 1.63 bits per heavy atom. The van der Waals surface area contributed by atoms with Gasteiger partial charge in [-0.05, 0) is 37.8 Å². The fraction of sp³-hybridized carbons (Fsp3) is 0.533. The van der Waals surface area contributed by atoms with Crippen LogP contribution in [0.2, 0.25) is 0 Å². The Morgan fingerprint density at radius 1 is 0.951 bits per heavy atom. The normalized spacial score (nSPS) is 33.9. The first-order chi connectivity index (χ1) is 19.4. The van der Waals surface area contributed by atoms with E-state index >= 15 is 0 Å². The fourth-order valence-electron chi connectivity index (χ4n) is 5.21. The molecule has 1 aliphatic carbocycles. The molecule has 1 heterocycles. The van der Waals surface area contributed by atoms with Crippen LogP contribution in [0, 0.1) is 11.8 Å². The number of amides is 2. The van der Waals surface area contributed by atoms with Gasteiger partial charge in [0.15, 0.2) is 11.9 Å². The molecular weight excluding hydrogens is 532 g/mol. The zero-order chi connectivity index (χ0) is 30.9. The first kappa shape index (κ1) is 33.8. The predicted molar refractivity (Wildman–Crippen MR) is 152 cm³/mol. The number of Topliss-reactive ketones (excluding diaryl/α,β-unsaturated/α-hetero) is 1. The molecule has 2 rings (SSSR count). The molecule has 11 heteroatoms. The molecule has 11 nitrogen and oxygen atoms in total. The second kappa shape index (κ2) is 15.6. The van der Waals surface area contributed by atoms with Crippen LogP contribution in [0.1, 0.15) is 34.1 Å². The summed E-state index contributed by atoms with van der Waals surface area (Å²) < 4.78 is 28.4. The third-order valence-corrected chi connectivity index (χ3v) is 7.27. The van der Waals surface area contributed by atoms with E-state index < -0.39 is 54.1 Å². The third-order valence-electron chi connectivity index (χ3n) is 7.27. The maximum absolute atomic E-state index is 13.4. The van der Waals surface area contributed by atoms with Gasteiger partial charge < -0.3 is 34.7 Å². The van der Waals surface area contributed by atoms with E-state index in [1.54, 1.807) is 40.2 Å². The zero-order valence-electron chi connectivity index (χ0n) is 25.0. The van der Waals surface area contributed by atoms with E-state index in [0.717, 1.165) is 6.08 Å². The van der Waals surface area contributed by atoms with Crippen molar-refractivity contribution in [3.05, 3.63) is 58.9 Å². The van der Waals surface area contributed by atoms with Crippen LogP contribution in [-0.2, 0) is 38.1 Å². The smallest absolute Gasteiger partial charge is 0.405 e. The van der Waals surface area contributed by atoms with Crippen molar-refractivity contribution >= 4 is 23.6 Å². The second-order valence-corrected chi connectivity index (χ2v) is 10.2. The summed E-state index contributed by atoms with van der Waals surface area (Å²) in [5, 5.41) is 2.54. The van der Waals surface area contributed by atoms with Gasteiger partial charge >= 0.3 is 6.09 Å². The van der Waals surface area contributed by atoms with E-state index in [9.17, 15) is 19.2 Å². The van der Waals surface area contributed by atoms with E-state index in [4.69, 9.17) is 29.4 Å². The van der Waals surface area contributed by atoms with Gasteiger partial charge in [-0.1, -0.05) is 38.2 Å². The topological polar surface area (TPSA) is 152 Å². The van der Waals surface area contributed by atoms with Gasteiger partial charge in [-0.3, -0.25) is 14.4 Å². The van der Waals surface area contributed by atoms with Crippen molar-refractivity contribution in [3.8, 4) is 0 Å². The lowest BCUT2D eigenvalue weighted by atomic mass is 9.84. The summed E-state index contributed by atoms with van der Waals surface area (Å²) in [6.45, 7) is 7.17. The summed E-state index contributed by atoms with van der Waals surface area (Å²) in [6, 6.07) is 0. The minimum atomic E-state index is -0.972. The number of carbonyl (C=O) groups is 4. The van der Waals surface area contributed by atoms with Crippen LogP contribution in [0.5, 0.6) is 0 Å². The van der Waals surface area contributed by atoms with Gasteiger partial charge in [0.1, 0.15) is 6.10 Å². The lowest BCUT2D eigenvalue weighted by Crippen LogP contribution is -2.41. The van der Waals surface area contributed by atoms with E-state index in [2.05, 4.69) is 5.32 Å². The molecule has 7 atom stereocenters. The monoisotopic (exact) mass is 574 g/mol. The number of hydrogen-bond acceptors (Lipinski definition) is 9. The Kier molecular flexibility index (Phi) is 12.8. The Morgan fingerprint density at radius 3 is 2.20 bits per heavy atom. The van der Waals surface area contributed by atoms with Crippen molar-refractivity contribution in [1.29, 1.82) is 0 Å². The molecule has 0 unspecified atom stereocenters. The molecule has 0 spiro atoms. The lowest BCUT2D eigenvalue weighted by molar-refractivity contribution is -0.120. The number of ketones is 2. The summed E-state index contributed by atoms with van der Waals surface area (Å²) in [7, 11) is 6.05. The number of fused-ring (bicyclic) bond motifs is 2. The number of ether oxygens (including phenoxy) is 5. The molecule has 2 bridgehead atoms. The summed E-state index contributed by atoms with van der Waals surface area (Å²) in [4.78, 5) is 50.6. The highest BCUT2D eigenvalue weighted by Crippen LogP contribution is 2.30. The van der Waals surface area contributed by atoms with Gasteiger partial charge in [0.2, 0.25) is 5.78 Å². The highest BCUT2D eigenvalue weighted by molar-refractivity contribution is 6.22. The van der Waals surface area contributed by atoms with E-state index in [0.29, 0.717) is 12.0 Å². The van der Waals surface area contributed by atoms with Crippen LogP contribution in [0.3, 0.4) is 0 Å². The van der Waals surface area contributed by atoms with Crippen LogP contribution in [-0.4, -0.2) is 82.5 Å². The molecular formula is C30H42N2O9. The molecule has 1 aliphatic heterocycles. The molecule has 0 aromatic heterocycles. The quantitative estimate of drug-likeness (QED) is 0.373. The molecule has 2 aliphatic rings. The largest absolute Gasteiger partial charge is 0.439 e. The highest BCUT2D eigenvalue weighted by Gasteiger charge is 2.36. The Balaban J connectivity index is 2.66. The number of allylic oxidation sites excluding steroid dienone is 5. The van der Waals surface area contributed by atoms with Crippen LogP contribution in [0.25, 0.3) is 0 Å². The average molecular weight is 575 g/mol. The van der Waals surface area contributed by atoms with Gasteiger partial charge in [-0.15, -0.1) is 0 Å². The van der Waals surface area contributed by atoms with Gasteiger partial charge in [0.05, 0.1) is 24.0 Å². The molecule has 0 fully saturated rings. The molecule has 2 amide bonds. The third kappa shape index (κ3) is 8.80. The van der Waals surface area contributed by atoms with Crippen LogP contribution < -0.4 is 11.1 Å². The second-order valence-electron chi connectivity index (χ2n) is 10.2. The van der Waals surface area contributed by atoms with E-state index in [1.165, 1.54) is 26.4 Å². The Bertz CT molecular complexity index is 1150. The van der Waals surface area contributed by atoms with Crippen LogP contribution >= 0.6 is 0 Å². The summed E-state index contributed by atoms with van der Waals surface area (Å²) in [5.41, 5.74) is 6.29. The average Bonchev–Trinajstić information content (AvgIpc) is 2.91. The number of nitrogens with two attached hydrogens (primary N) is 1. The first-order valence-electron chi connectivity index (χ1n) is 13.3. The standard InChI is InChI=1S/C30H42N2O9/c1-16-10-9-11-23(37-5)28(41-30(31)36)18(3)12-17(2)27(40-8)24(38-6)13-19(4)26(39-7)21-14-20(33)15-22(25(21)34)32-29(16)35/h9-12,14-15,17,19,23-24,26-28H,13H2,1-8H3,(H2,31,36)(H,32,35)/b11-9-,16-10+,18-12+/t17-,19-,23+,24-,26-,27+,28+/m0/s1. The maximum Gasteiger partial charge on any atom is 0.405 e. The summed E-state index contributed by atoms with van der Waals surface area (Å²) >= 11 is 0. The maximum atomic E-state index is 13.4. The van der Waals surface area contributed by atoms with Crippen molar-refractivity contribution in [3.63, 3.8) is 0 Å². The molecule has 0 saturated heterocycles. The molecule has 0 saturated carbocycles. The minimum absolute atomic E-state index is 0.141. The number of primary amides is 1. The highest BCUT2D eigenvalue weighted by atomic mass is 16.6. The molecule has 41 heavy (non-hydrogen) atoms. The number of rotatable bonds is 5. The SMILES string of the molecule is CO[C@H]1[C@@H](OC)C[C@H](C)[C@H](OC)C2=CC(=O)C=C(NC(=O)/C(C)=C/C=C\[C@@H](OC)[C@H](OC(N)=O)/C(C)=C/[C@@H]1C)C2=O. The predicted octanol–water partition coefficient (Wildman–Crippen LogP) is 2.71. The number of methoxy groups -OCH3 is 4. The van der Waals surface area contributed by atoms with Crippen LogP contribution in [0.4, 0.5) is 4.79 Å². The molecule has 0 radical (unpaired) electrons. The molecule has 3 N–H and O–H groups in total. The summed E-state index contributed by atoms with van der Waals surface area (Å²) in [5.74, 6) is -2.04. The molecule has 0 aromatic rings. The number of carbonyl (C=O) groups excluding carboxylic acids is 4. The Hall–Kier alpha value is -3.38. The van der Waals surface area contributed by atoms with Crippen molar-refractivity contribution < 1.29 is 42.9 Å². The zero-order valence-corrected chi connectivity index (χ0v) is 25.0. The van der Waals surface area contributed by atoms with Gasteiger partial charge in [-0.2, -0.15) is 0 Å². The summed E-state index contributed by atoms with van der Waals surface area (Å²) in [6.07, 6.45) is 5.11. The van der Waals surface area contributed by atoms with Crippen LogP contribution in [0.15, 0.2) is 58.9 Å². The minimum Gasteiger partial charge on any atom is -0.439 e. The van der Waals surface area contributed by atoms with Gasteiger partial charge in [0.25, 0.3) is 5.91 Å². The Labute approximate surface area is 241 Å². The number of nitrogens with one attached hydrogen (secondary N) is 1. The van der Waals surface area contributed by atoms with E-state index in [-0.39, 0.29) is 28.7 Å². The van der Waals surface area contributed by atoms with Crippen molar-refractivity contribution in [2.75, 3.05) is 28.4 Å². The van der Waals surface area contributed by atoms with Gasteiger partial charge in [-0.25, -0.2) is 4.79 Å². The van der Waals surface area contributed by atoms with Crippen molar-refractivity contribution in [1.82, 2.24) is 5.32 Å². The molecule has 0 aromatic carbocycles. The van der Waals surface area contributed by atoms with Crippen molar-refractivity contribution in [2.24, 2.45) is 17.6 Å². The molecule has 226 valence electrons. The van der Waals surface area contributed by atoms with E-state index in [1.807, 2.05) is 19.9 Å². The number of hydrogen-bond donors (Lipinski definition) is 2. The lowest BCUT2D eigenvalue weighted by Gasteiger charge is -2.34. The first-order valence-corrected chi connectivity index (χ1v) is 13.3. The van der Waals surface area contributed by atoms with Gasteiger partial charge in [0, 0.05) is 51.6 Å².